The minimum absolute atomic E-state index is 0.170. The molecule has 8 heteroatoms. The van der Waals surface area contributed by atoms with Crippen LogP contribution in [-0.2, 0) is 19.6 Å². The molecule has 0 saturated carbocycles. The average Bonchev–Trinajstić information content (AvgIpc) is 2.27. The zero-order valence-corrected chi connectivity index (χ0v) is 11.2. The normalized spacial score (nSPS) is 13.2. The van der Waals surface area contributed by atoms with Crippen LogP contribution >= 0.6 is 0 Å². The van der Waals surface area contributed by atoms with Crippen molar-refractivity contribution in [3.8, 4) is 0 Å². The first kappa shape index (κ1) is 15.5. The van der Waals surface area contributed by atoms with Gasteiger partial charge in [0.25, 0.3) is 0 Å². The predicted molar refractivity (Wildman–Crippen MR) is 64.8 cm³/mol. The second-order valence-corrected chi connectivity index (χ2v) is 5.56. The van der Waals surface area contributed by atoms with Gasteiger partial charge in [0.2, 0.25) is 10.0 Å². The number of rotatable bonds is 6. The molecule has 0 amide bonds. The Labute approximate surface area is 110 Å². The molecule has 0 fully saturated rings. The summed E-state index contributed by atoms with van der Waals surface area (Å²) in [5.74, 6) is -1.92. The molecular weight excluding hydrogens is 277 g/mol. The lowest BCUT2D eigenvalue weighted by Gasteiger charge is -2.15. The zero-order valence-electron chi connectivity index (χ0n) is 10.4. The lowest BCUT2D eigenvalue weighted by atomic mass is 10.2. The molecule has 0 aliphatic carbocycles. The first-order valence-corrected chi connectivity index (χ1v) is 6.76. The van der Waals surface area contributed by atoms with Crippen LogP contribution in [-0.4, -0.2) is 39.3 Å². The van der Waals surface area contributed by atoms with Crippen LogP contribution in [0.3, 0.4) is 0 Å². The van der Waals surface area contributed by atoms with Crippen molar-refractivity contribution >= 4 is 16.0 Å². The molecule has 19 heavy (non-hydrogen) atoms. The summed E-state index contributed by atoms with van der Waals surface area (Å²) in [6, 6.07) is 1.73. The standard InChI is InChI=1S/C11H14FNO5S/c1-7-5-8(12)3-4-10(7)19(16,17)13-9(6-18-2)11(14)15/h3-5,9,13H,6H2,1-2H3,(H,14,15). The Balaban J connectivity index is 3.06. The SMILES string of the molecule is COCC(NS(=O)(=O)c1ccc(F)cc1C)C(=O)O. The molecule has 0 aromatic heterocycles. The van der Waals surface area contributed by atoms with E-state index in [2.05, 4.69) is 4.74 Å². The van der Waals surface area contributed by atoms with Gasteiger partial charge < -0.3 is 9.84 Å². The highest BCUT2D eigenvalue weighted by atomic mass is 32.2. The molecule has 0 heterocycles. The Bertz CT molecular complexity index is 572. The highest BCUT2D eigenvalue weighted by molar-refractivity contribution is 7.89. The maximum Gasteiger partial charge on any atom is 0.324 e. The van der Waals surface area contributed by atoms with Crippen LogP contribution in [0, 0.1) is 12.7 Å². The van der Waals surface area contributed by atoms with Crippen LogP contribution in [0.4, 0.5) is 4.39 Å². The van der Waals surface area contributed by atoms with E-state index in [0.717, 1.165) is 18.2 Å². The Hall–Kier alpha value is -1.51. The van der Waals surface area contributed by atoms with E-state index in [0.29, 0.717) is 0 Å². The molecule has 0 aliphatic heterocycles. The van der Waals surface area contributed by atoms with Crippen LogP contribution in [0.2, 0.25) is 0 Å². The third-order valence-corrected chi connectivity index (χ3v) is 3.99. The van der Waals surface area contributed by atoms with E-state index >= 15 is 0 Å². The Morgan fingerprint density at radius 1 is 1.53 bits per heavy atom. The highest BCUT2D eigenvalue weighted by Gasteiger charge is 2.26. The fourth-order valence-electron chi connectivity index (χ4n) is 1.49. The quantitative estimate of drug-likeness (QED) is 0.796. The Morgan fingerprint density at radius 2 is 2.16 bits per heavy atom. The summed E-state index contributed by atoms with van der Waals surface area (Å²) < 4.78 is 43.5. The summed E-state index contributed by atoms with van der Waals surface area (Å²) in [7, 11) is -2.79. The van der Waals surface area contributed by atoms with Crippen molar-refractivity contribution in [1.29, 1.82) is 0 Å². The molecular formula is C11H14FNO5S. The molecule has 1 aromatic carbocycles. The van der Waals surface area contributed by atoms with E-state index in [4.69, 9.17) is 5.11 Å². The molecule has 1 rings (SSSR count). The molecule has 1 aromatic rings. The first-order valence-electron chi connectivity index (χ1n) is 5.28. The summed E-state index contributed by atoms with van der Waals surface area (Å²) in [5.41, 5.74) is 0.189. The largest absolute Gasteiger partial charge is 0.480 e. The second kappa shape index (κ2) is 6.09. The molecule has 1 atom stereocenters. The van der Waals surface area contributed by atoms with Crippen LogP contribution in [0.15, 0.2) is 23.1 Å². The summed E-state index contributed by atoms with van der Waals surface area (Å²) in [4.78, 5) is 10.7. The smallest absolute Gasteiger partial charge is 0.324 e. The maximum absolute atomic E-state index is 12.9. The minimum Gasteiger partial charge on any atom is -0.480 e. The molecule has 0 aliphatic rings. The third kappa shape index (κ3) is 3.98. The molecule has 106 valence electrons. The zero-order chi connectivity index (χ0) is 14.6. The van der Waals surface area contributed by atoms with Crippen LogP contribution in [0.25, 0.3) is 0 Å². The molecule has 0 saturated heterocycles. The topological polar surface area (TPSA) is 92.7 Å². The number of methoxy groups -OCH3 is 1. The molecule has 0 radical (unpaired) electrons. The number of benzene rings is 1. The number of carboxylic acid groups (broad SMARTS) is 1. The number of sulfonamides is 1. The number of aliphatic carboxylic acids is 1. The highest BCUT2D eigenvalue weighted by Crippen LogP contribution is 2.16. The fraction of sp³-hybridized carbons (Fsp3) is 0.364. The predicted octanol–water partition coefficient (Wildman–Crippen LogP) is 0.512. The van der Waals surface area contributed by atoms with Crippen molar-refractivity contribution in [2.75, 3.05) is 13.7 Å². The van der Waals surface area contributed by atoms with Crippen LogP contribution in [0.5, 0.6) is 0 Å². The van der Waals surface area contributed by atoms with E-state index in [1.54, 1.807) is 0 Å². The lowest BCUT2D eigenvalue weighted by molar-refractivity contribution is -0.140. The number of carboxylic acids is 1. The summed E-state index contributed by atoms with van der Waals surface area (Å²) >= 11 is 0. The van der Waals surface area contributed by atoms with Crippen molar-refractivity contribution in [2.45, 2.75) is 17.9 Å². The van der Waals surface area contributed by atoms with E-state index in [9.17, 15) is 17.6 Å². The molecule has 6 nitrogen and oxygen atoms in total. The average molecular weight is 291 g/mol. The third-order valence-electron chi connectivity index (χ3n) is 2.36. The van der Waals surface area contributed by atoms with Crippen molar-refractivity contribution in [1.82, 2.24) is 4.72 Å². The maximum atomic E-state index is 12.9. The Morgan fingerprint density at radius 3 is 2.63 bits per heavy atom. The Kier molecular flexibility index (Phi) is 4.98. The van der Waals surface area contributed by atoms with Crippen molar-refractivity contribution in [3.63, 3.8) is 0 Å². The summed E-state index contributed by atoms with van der Waals surface area (Å²) in [6.45, 7) is 1.11. The molecule has 0 spiro atoms. The van der Waals surface area contributed by atoms with E-state index in [1.165, 1.54) is 14.0 Å². The number of hydrogen-bond acceptors (Lipinski definition) is 4. The number of ether oxygens (including phenoxy) is 1. The van der Waals surface area contributed by atoms with Gasteiger partial charge in [0.05, 0.1) is 11.5 Å². The van der Waals surface area contributed by atoms with Crippen LogP contribution in [0.1, 0.15) is 5.56 Å². The fourth-order valence-corrected chi connectivity index (χ4v) is 2.89. The van der Waals surface area contributed by atoms with Gasteiger partial charge in [0.15, 0.2) is 0 Å². The number of aryl methyl sites for hydroxylation is 1. The van der Waals surface area contributed by atoms with Crippen molar-refractivity contribution in [3.05, 3.63) is 29.6 Å². The number of hydrogen-bond donors (Lipinski definition) is 2. The van der Waals surface area contributed by atoms with Gasteiger partial charge in [-0.15, -0.1) is 0 Å². The van der Waals surface area contributed by atoms with Gasteiger partial charge in [-0.1, -0.05) is 0 Å². The van der Waals surface area contributed by atoms with Gasteiger partial charge in [0.1, 0.15) is 11.9 Å². The van der Waals surface area contributed by atoms with Gasteiger partial charge in [-0.05, 0) is 30.7 Å². The van der Waals surface area contributed by atoms with Gasteiger partial charge in [-0.2, -0.15) is 4.72 Å². The van der Waals surface area contributed by atoms with Gasteiger partial charge >= 0.3 is 5.97 Å². The second-order valence-electron chi connectivity index (χ2n) is 3.88. The molecule has 1 unspecified atom stereocenters. The van der Waals surface area contributed by atoms with Crippen LogP contribution < -0.4 is 4.72 Å². The summed E-state index contributed by atoms with van der Waals surface area (Å²) in [5, 5.41) is 8.86. The monoisotopic (exact) mass is 291 g/mol. The van der Waals surface area contributed by atoms with Gasteiger partial charge in [0, 0.05) is 7.11 Å². The number of nitrogens with one attached hydrogen (secondary N) is 1. The van der Waals surface area contributed by atoms with E-state index in [-0.39, 0.29) is 17.1 Å². The molecule has 2 N–H and O–H groups in total. The van der Waals surface area contributed by atoms with Crippen molar-refractivity contribution < 1.29 is 27.4 Å². The van der Waals surface area contributed by atoms with Crippen molar-refractivity contribution in [2.24, 2.45) is 0 Å². The van der Waals surface area contributed by atoms with E-state index < -0.39 is 27.9 Å². The van der Waals surface area contributed by atoms with Gasteiger partial charge in [-0.25, -0.2) is 12.8 Å². The number of carbonyl (C=O) groups is 1. The van der Waals surface area contributed by atoms with Gasteiger partial charge in [-0.3, -0.25) is 4.79 Å². The molecule has 0 bridgehead atoms. The lowest BCUT2D eigenvalue weighted by Crippen LogP contribution is -2.43. The first-order chi connectivity index (χ1) is 8.77. The van der Waals surface area contributed by atoms with E-state index in [1.807, 2.05) is 4.72 Å². The summed E-state index contributed by atoms with van der Waals surface area (Å²) in [6.07, 6.45) is 0. The number of halogens is 1. The minimum atomic E-state index is -4.05.